The lowest BCUT2D eigenvalue weighted by molar-refractivity contribution is -0.118. The smallest absolute Gasteiger partial charge is 0.229 e. The highest BCUT2D eigenvalue weighted by molar-refractivity contribution is 7.91. The second kappa shape index (κ2) is 13.0. The first-order chi connectivity index (χ1) is 17.0. The summed E-state index contributed by atoms with van der Waals surface area (Å²) in [5.74, 6) is -0.213. The average Bonchev–Trinajstić information content (AvgIpc) is 3.28. The molecule has 1 aromatic heterocycles. The molecule has 0 spiro atoms. The molecule has 0 fully saturated rings. The topological polar surface area (TPSA) is 114 Å². The molecule has 0 bridgehead atoms. The molecule has 3 aromatic rings. The van der Waals surface area contributed by atoms with Gasteiger partial charge in [-0.25, -0.2) is 21.8 Å². The number of ether oxygens (including phenoxy) is 1. The molecule has 1 amide bonds. The first-order valence-electron chi connectivity index (χ1n) is 11.5. The van der Waals surface area contributed by atoms with Crippen molar-refractivity contribution in [1.82, 2.24) is 9.88 Å². The zero-order valence-electron chi connectivity index (χ0n) is 21.2. The van der Waals surface area contributed by atoms with Crippen molar-refractivity contribution in [2.45, 2.75) is 30.1 Å². The first-order valence-corrected chi connectivity index (χ1v) is 15.8. The monoisotopic (exact) mass is 589 g/mol. The number of sulfone groups is 2. The van der Waals surface area contributed by atoms with Gasteiger partial charge in [0.15, 0.2) is 24.8 Å². The number of hydrogen-bond acceptors (Lipinski definition) is 9. The Morgan fingerprint density at radius 2 is 1.65 bits per heavy atom. The van der Waals surface area contributed by atoms with Crippen molar-refractivity contribution in [3.8, 4) is 5.75 Å². The van der Waals surface area contributed by atoms with Crippen LogP contribution in [0.25, 0.3) is 10.2 Å². The lowest BCUT2D eigenvalue weighted by atomic mass is 10.3. The maximum absolute atomic E-state index is 13.3. The summed E-state index contributed by atoms with van der Waals surface area (Å²) < 4.78 is 55.9. The van der Waals surface area contributed by atoms with Crippen molar-refractivity contribution >= 4 is 64.7 Å². The second-order valence-electron chi connectivity index (χ2n) is 8.19. The molecule has 3 rings (SSSR count). The number of likely N-dealkylation sites (N-methyl/N-ethyl adjacent to an activating group) is 1. The Balaban J connectivity index is 0.00000481. The van der Waals surface area contributed by atoms with E-state index in [9.17, 15) is 21.6 Å². The Bertz CT molecular complexity index is 1420. The fourth-order valence-electron chi connectivity index (χ4n) is 3.69. The van der Waals surface area contributed by atoms with E-state index in [1.807, 2.05) is 13.8 Å². The molecule has 2 aromatic carbocycles. The van der Waals surface area contributed by atoms with Crippen molar-refractivity contribution in [3.63, 3.8) is 0 Å². The van der Waals surface area contributed by atoms with Gasteiger partial charge >= 0.3 is 0 Å². The molecule has 0 N–H and O–H groups in total. The van der Waals surface area contributed by atoms with Gasteiger partial charge in [-0.1, -0.05) is 31.3 Å². The summed E-state index contributed by atoms with van der Waals surface area (Å²) in [6.07, 6.45) is 0.885. The largest absolute Gasteiger partial charge is 0.497 e. The number of carbonyl (C=O) groups is 1. The van der Waals surface area contributed by atoms with E-state index in [1.165, 1.54) is 41.5 Å². The first kappa shape index (κ1) is 31.0. The van der Waals surface area contributed by atoms with Gasteiger partial charge in [-0.05, 0) is 49.5 Å². The number of para-hydroxylation sites is 1. The highest BCUT2D eigenvalue weighted by atomic mass is 35.5. The number of thiazole rings is 1. The standard InChI is InChI=1S/C24H31N3O6S3.ClH/c1-5-26(6-2)15-16-27(24-25-23-20(34-24)8-7-9-21(23)35(4,29)30)22(28)14-17-36(31,32)19-12-10-18(33-3)11-13-19;/h7-13H,5-6,14-17H2,1-4H3;1H. The van der Waals surface area contributed by atoms with Gasteiger partial charge in [0.2, 0.25) is 5.91 Å². The normalized spacial score (nSPS) is 11.9. The Morgan fingerprint density at radius 1 is 1.00 bits per heavy atom. The maximum atomic E-state index is 13.3. The van der Waals surface area contributed by atoms with E-state index in [0.29, 0.717) is 34.2 Å². The molecule has 13 heteroatoms. The van der Waals surface area contributed by atoms with Gasteiger partial charge in [-0.3, -0.25) is 9.69 Å². The summed E-state index contributed by atoms with van der Waals surface area (Å²) in [4.78, 5) is 21.7. The lowest BCUT2D eigenvalue weighted by Crippen LogP contribution is -2.39. The fourth-order valence-corrected chi connectivity index (χ4v) is 6.85. The van der Waals surface area contributed by atoms with Gasteiger partial charge < -0.3 is 9.64 Å². The molecule has 9 nitrogen and oxygen atoms in total. The minimum atomic E-state index is -3.70. The van der Waals surface area contributed by atoms with Gasteiger partial charge in [0.1, 0.15) is 11.3 Å². The number of methoxy groups -OCH3 is 1. The summed E-state index contributed by atoms with van der Waals surface area (Å²) in [5, 5.41) is 0.347. The van der Waals surface area contributed by atoms with Crippen LogP contribution in [-0.4, -0.2) is 77.9 Å². The van der Waals surface area contributed by atoms with Gasteiger partial charge in [-0.2, -0.15) is 0 Å². The fraction of sp³-hybridized carbons (Fsp3) is 0.417. The number of anilines is 1. The predicted molar refractivity (Wildman–Crippen MR) is 150 cm³/mol. The number of nitrogens with zero attached hydrogens (tertiary/aromatic N) is 3. The second-order valence-corrected chi connectivity index (χ2v) is 13.3. The number of rotatable bonds is 12. The van der Waals surface area contributed by atoms with Crippen LogP contribution in [0.15, 0.2) is 52.3 Å². The van der Waals surface area contributed by atoms with Crippen LogP contribution in [0.3, 0.4) is 0 Å². The van der Waals surface area contributed by atoms with E-state index >= 15 is 0 Å². The van der Waals surface area contributed by atoms with Crippen LogP contribution >= 0.6 is 23.7 Å². The summed E-state index contributed by atoms with van der Waals surface area (Å²) in [7, 11) is -5.72. The highest BCUT2D eigenvalue weighted by Crippen LogP contribution is 2.33. The molecule has 0 saturated heterocycles. The van der Waals surface area contributed by atoms with Crippen LogP contribution in [0.4, 0.5) is 5.13 Å². The molecule has 0 aliphatic carbocycles. The quantitative estimate of drug-likeness (QED) is 0.314. The molecule has 1 heterocycles. The molecule has 204 valence electrons. The third-order valence-corrected chi connectivity index (χ3v) is 9.74. The Morgan fingerprint density at radius 3 is 2.22 bits per heavy atom. The number of benzene rings is 2. The number of halogens is 1. The number of carbonyl (C=O) groups excluding carboxylic acids is 1. The molecule has 0 aliphatic rings. The third kappa shape index (κ3) is 7.64. The minimum Gasteiger partial charge on any atom is -0.497 e. The van der Waals surface area contributed by atoms with Crippen molar-refractivity contribution in [3.05, 3.63) is 42.5 Å². The van der Waals surface area contributed by atoms with Gasteiger partial charge in [0.25, 0.3) is 0 Å². The zero-order chi connectivity index (χ0) is 26.5. The molecule has 0 aliphatic heterocycles. The molecular weight excluding hydrogens is 558 g/mol. The number of amides is 1. The van der Waals surface area contributed by atoms with Crippen molar-refractivity contribution in [2.75, 3.05) is 50.2 Å². The number of hydrogen-bond donors (Lipinski definition) is 0. The molecule has 0 saturated carbocycles. The van der Waals surface area contributed by atoms with E-state index in [0.717, 1.165) is 19.3 Å². The van der Waals surface area contributed by atoms with Crippen LogP contribution in [0.2, 0.25) is 0 Å². The molecule has 37 heavy (non-hydrogen) atoms. The maximum Gasteiger partial charge on any atom is 0.229 e. The van der Waals surface area contributed by atoms with Crippen LogP contribution in [0.1, 0.15) is 20.3 Å². The summed E-state index contributed by atoms with van der Waals surface area (Å²) in [6.45, 7) is 6.50. The number of aromatic nitrogens is 1. The van der Waals surface area contributed by atoms with Crippen molar-refractivity contribution < 1.29 is 26.4 Å². The molecular formula is C24H32ClN3O6S3. The van der Waals surface area contributed by atoms with Crippen LogP contribution < -0.4 is 9.64 Å². The van der Waals surface area contributed by atoms with Crippen molar-refractivity contribution in [2.24, 2.45) is 0 Å². The third-order valence-electron chi connectivity index (χ3n) is 5.84. The van der Waals surface area contributed by atoms with Gasteiger partial charge in [-0.15, -0.1) is 12.4 Å². The SMILES string of the molecule is CCN(CC)CCN(C(=O)CCS(=O)(=O)c1ccc(OC)cc1)c1nc2c(S(C)(=O)=O)cccc2s1.Cl. The Kier molecular flexibility index (Phi) is 10.9. The van der Waals surface area contributed by atoms with Crippen LogP contribution in [-0.2, 0) is 24.5 Å². The lowest BCUT2D eigenvalue weighted by Gasteiger charge is -2.24. The van der Waals surface area contributed by atoms with E-state index in [1.54, 1.807) is 24.3 Å². The van der Waals surface area contributed by atoms with E-state index in [4.69, 9.17) is 4.74 Å². The van der Waals surface area contributed by atoms with Crippen LogP contribution in [0, 0.1) is 0 Å². The van der Waals surface area contributed by atoms with Gasteiger partial charge in [0, 0.05) is 25.8 Å². The van der Waals surface area contributed by atoms with E-state index < -0.39 is 19.7 Å². The molecule has 0 unspecified atom stereocenters. The summed E-state index contributed by atoms with van der Waals surface area (Å²) in [6, 6.07) is 10.9. The highest BCUT2D eigenvalue weighted by Gasteiger charge is 2.25. The van der Waals surface area contributed by atoms with E-state index in [-0.39, 0.29) is 40.3 Å². The van der Waals surface area contributed by atoms with Crippen molar-refractivity contribution in [1.29, 1.82) is 0 Å². The van der Waals surface area contributed by atoms with Crippen LogP contribution in [0.5, 0.6) is 5.75 Å². The molecule has 0 atom stereocenters. The minimum absolute atomic E-state index is 0. The molecule has 0 radical (unpaired) electrons. The number of fused-ring (bicyclic) bond motifs is 1. The zero-order valence-corrected chi connectivity index (χ0v) is 24.5. The average molecular weight is 590 g/mol. The van der Waals surface area contributed by atoms with E-state index in [2.05, 4.69) is 9.88 Å². The summed E-state index contributed by atoms with van der Waals surface area (Å²) in [5.41, 5.74) is 0.312. The predicted octanol–water partition coefficient (Wildman–Crippen LogP) is 3.67. The Hall–Kier alpha value is -2.25. The summed E-state index contributed by atoms with van der Waals surface area (Å²) >= 11 is 1.21. The Labute approximate surface area is 228 Å². The van der Waals surface area contributed by atoms with Gasteiger partial charge in [0.05, 0.1) is 27.4 Å².